The van der Waals surface area contributed by atoms with Gasteiger partial charge in [0.1, 0.15) is 6.10 Å². The van der Waals surface area contributed by atoms with E-state index >= 15 is 0 Å². The highest BCUT2D eigenvalue weighted by molar-refractivity contribution is 5.80. The molecule has 0 aliphatic heterocycles. The highest BCUT2D eigenvalue weighted by atomic mass is 16.5. The van der Waals surface area contributed by atoms with Gasteiger partial charge in [-0.05, 0) is 32.6 Å². The Bertz CT molecular complexity index is 249. The quantitative estimate of drug-likeness (QED) is 0.504. The minimum absolute atomic E-state index is 0.163. The summed E-state index contributed by atoms with van der Waals surface area (Å²) in [5, 5.41) is 12.5. The van der Waals surface area contributed by atoms with E-state index in [0.29, 0.717) is 13.2 Å². The third-order valence-corrected chi connectivity index (χ3v) is 2.93. The molecule has 1 fully saturated rings. The Hall–Kier alpha value is -0.870. The van der Waals surface area contributed by atoms with E-state index < -0.39 is 11.7 Å². The van der Waals surface area contributed by atoms with Crippen molar-refractivity contribution < 1.29 is 14.6 Å². The summed E-state index contributed by atoms with van der Waals surface area (Å²) in [6, 6.07) is 0. The summed E-state index contributed by atoms with van der Waals surface area (Å²) in [5.74, 6) is -0.163. The lowest BCUT2D eigenvalue weighted by atomic mass is 9.80. The predicted octanol–water partition coefficient (Wildman–Crippen LogP) is 0.999. The van der Waals surface area contributed by atoms with Gasteiger partial charge >= 0.3 is 0 Å². The molecule has 16 heavy (non-hydrogen) atoms. The molecule has 1 rings (SSSR count). The van der Waals surface area contributed by atoms with Crippen molar-refractivity contribution >= 4 is 5.91 Å². The second-order valence-corrected chi connectivity index (χ2v) is 4.39. The van der Waals surface area contributed by atoms with Crippen molar-refractivity contribution in [2.45, 2.75) is 44.3 Å². The lowest BCUT2D eigenvalue weighted by Gasteiger charge is -2.36. The number of carbonyl (C=O) groups excluding carboxylic acids is 1. The molecule has 1 saturated carbocycles. The first-order chi connectivity index (χ1) is 7.57. The number of aliphatic hydroxyl groups is 1. The van der Waals surface area contributed by atoms with Gasteiger partial charge in [-0.1, -0.05) is 6.08 Å². The number of ether oxygens (including phenoxy) is 1. The Balaban J connectivity index is 2.15. The molecule has 0 aromatic carbocycles. The van der Waals surface area contributed by atoms with Crippen LogP contribution in [0.5, 0.6) is 0 Å². The summed E-state index contributed by atoms with van der Waals surface area (Å²) in [6.45, 7) is 6.12. The molecule has 4 heteroatoms. The molecule has 0 bridgehead atoms. The van der Waals surface area contributed by atoms with Crippen LogP contribution in [0.2, 0.25) is 0 Å². The Morgan fingerprint density at radius 2 is 2.38 bits per heavy atom. The smallest absolute Gasteiger partial charge is 0.248 e. The van der Waals surface area contributed by atoms with Crippen LogP contribution in [-0.4, -0.2) is 35.9 Å². The van der Waals surface area contributed by atoms with Gasteiger partial charge in [-0.15, -0.1) is 6.58 Å². The van der Waals surface area contributed by atoms with Gasteiger partial charge in [0.2, 0.25) is 5.91 Å². The molecule has 1 atom stereocenters. The van der Waals surface area contributed by atoms with Crippen molar-refractivity contribution in [1.82, 2.24) is 5.32 Å². The molecule has 0 aromatic heterocycles. The van der Waals surface area contributed by atoms with E-state index in [4.69, 9.17) is 4.74 Å². The highest BCUT2D eigenvalue weighted by Crippen LogP contribution is 2.30. The van der Waals surface area contributed by atoms with E-state index in [2.05, 4.69) is 11.9 Å². The van der Waals surface area contributed by atoms with Crippen LogP contribution in [0.4, 0.5) is 0 Å². The van der Waals surface area contributed by atoms with E-state index in [1.54, 1.807) is 13.0 Å². The van der Waals surface area contributed by atoms with Crippen molar-refractivity contribution in [3.8, 4) is 0 Å². The molecule has 0 heterocycles. The van der Waals surface area contributed by atoms with Gasteiger partial charge in [-0.3, -0.25) is 4.79 Å². The van der Waals surface area contributed by atoms with Gasteiger partial charge < -0.3 is 15.2 Å². The number of nitrogens with one attached hydrogen (secondary N) is 1. The SMILES string of the molecule is C=CCCOC(C)C(=O)NCC1(O)CCC1. The molecule has 0 saturated heterocycles. The van der Waals surface area contributed by atoms with E-state index in [9.17, 15) is 9.90 Å². The molecule has 2 N–H and O–H groups in total. The Morgan fingerprint density at radius 1 is 1.69 bits per heavy atom. The maximum absolute atomic E-state index is 11.6. The Morgan fingerprint density at radius 3 is 2.88 bits per heavy atom. The zero-order valence-electron chi connectivity index (χ0n) is 9.87. The van der Waals surface area contributed by atoms with Crippen LogP contribution in [0.3, 0.4) is 0 Å². The fourth-order valence-corrected chi connectivity index (χ4v) is 1.56. The summed E-state index contributed by atoms with van der Waals surface area (Å²) in [7, 11) is 0. The summed E-state index contributed by atoms with van der Waals surface area (Å²) in [4.78, 5) is 11.6. The first-order valence-corrected chi connectivity index (χ1v) is 5.80. The monoisotopic (exact) mass is 227 g/mol. The second kappa shape index (κ2) is 6.01. The third kappa shape index (κ3) is 3.94. The standard InChI is InChI=1S/C12H21NO3/c1-3-4-8-16-10(2)11(14)13-9-12(15)6-5-7-12/h3,10,15H,1,4-9H2,2H3,(H,13,14). The molecular weight excluding hydrogens is 206 g/mol. The summed E-state index contributed by atoms with van der Waals surface area (Å²) >= 11 is 0. The molecule has 4 nitrogen and oxygen atoms in total. The normalized spacial score (nSPS) is 19.6. The van der Waals surface area contributed by atoms with E-state index in [-0.39, 0.29) is 5.91 Å². The number of amides is 1. The fourth-order valence-electron chi connectivity index (χ4n) is 1.56. The predicted molar refractivity (Wildman–Crippen MR) is 62.0 cm³/mol. The Labute approximate surface area is 96.7 Å². The van der Waals surface area contributed by atoms with Gasteiger partial charge in [0.15, 0.2) is 0 Å². The molecule has 0 aromatic rings. The van der Waals surface area contributed by atoms with Gasteiger partial charge in [-0.25, -0.2) is 0 Å². The van der Waals surface area contributed by atoms with Crippen LogP contribution in [0, 0.1) is 0 Å². The Kier molecular flexibility index (Phi) is 4.96. The molecule has 1 aliphatic carbocycles. The average Bonchev–Trinajstić information content (AvgIpc) is 2.23. The molecule has 1 aliphatic rings. The van der Waals surface area contributed by atoms with Crippen LogP contribution in [0.15, 0.2) is 12.7 Å². The van der Waals surface area contributed by atoms with Gasteiger partial charge in [0.05, 0.1) is 12.2 Å². The van der Waals surface area contributed by atoms with Gasteiger partial charge in [0, 0.05) is 6.54 Å². The topological polar surface area (TPSA) is 58.6 Å². The third-order valence-electron chi connectivity index (χ3n) is 2.93. The van der Waals surface area contributed by atoms with Crippen molar-refractivity contribution in [1.29, 1.82) is 0 Å². The van der Waals surface area contributed by atoms with Gasteiger partial charge in [0.25, 0.3) is 0 Å². The zero-order valence-corrected chi connectivity index (χ0v) is 9.87. The minimum Gasteiger partial charge on any atom is -0.388 e. The lowest BCUT2D eigenvalue weighted by molar-refractivity contribution is -0.134. The van der Waals surface area contributed by atoms with Crippen molar-refractivity contribution in [3.05, 3.63) is 12.7 Å². The van der Waals surface area contributed by atoms with Crippen molar-refractivity contribution in [2.75, 3.05) is 13.2 Å². The minimum atomic E-state index is -0.670. The van der Waals surface area contributed by atoms with Crippen LogP contribution in [0.25, 0.3) is 0 Å². The lowest BCUT2D eigenvalue weighted by Crippen LogP contribution is -2.49. The summed E-state index contributed by atoms with van der Waals surface area (Å²) < 4.78 is 5.30. The van der Waals surface area contributed by atoms with Crippen LogP contribution < -0.4 is 5.32 Å². The molecule has 0 radical (unpaired) electrons. The number of hydrogen-bond donors (Lipinski definition) is 2. The summed E-state index contributed by atoms with van der Waals surface area (Å²) in [6.07, 6.45) is 4.61. The molecule has 0 spiro atoms. The first-order valence-electron chi connectivity index (χ1n) is 5.80. The van der Waals surface area contributed by atoms with Crippen molar-refractivity contribution in [3.63, 3.8) is 0 Å². The van der Waals surface area contributed by atoms with Crippen molar-refractivity contribution in [2.24, 2.45) is 0 Å². The van der Waals surface area contributed by atoms with E-state index in [0.717, 1.165) is 25.7 Å². The molecular formula is C12H21NO3. The maximum atomic E-state index is 11.6. The maximum Gasteiger partial charge on any atom is 0.248 e. The van der Waals surface area contributed by atoms with Crippen LogP contribution in [-0.2, 0) is 9.53 Å². The number of carbonyl (C=O) groups is 1. The average molecular weight is 227 g/mol. The first kappa shape index (κ1) is 13.2. The van der Waals surface area contributed by atoms with Crippen LogP contribution >= 0.6 is 0 Å². The van der Waals surface area contributed by atoms with Gasteiger partial charge in [-0.2, -0.15) is 0 Å². The van der Waals surface area contributed by atoms with E-state index in [1.807, 2.05) is 0 Å². The van der Waals surface area contributed by atoms with E-state index in [1.165, 1.54) is 0 Å². The molecule has 1 amide bonds. The molecule has 92 valence electrons. The second-order valence-electron chi connectivity index (χ2n) is 4.39. The number of rotatable bonds is 7. The highest BCUT2D eigenvalue weighted by Gasteiger charge is 2.34. The van der Waals surface area contributed by atoms with Crippen LogP contribution in [0.1, 0.15) is 32.6 Å². The largest absolute Gasteiger partial charge is 0.388 e. The summed E-state index contributed by atoms with van der Waals surface area (Å²) in [5.41, 5.74) is -0.670. The molecule has 1 unspecified atom stereocenters. The number of hydrogen-bond acceptors (Lipinski definition) is 3. The fraction of sp³-hybridized carbons (Fsp3) is 0.750. The zero-order chi connectivity index (χ0) is 12.0.